The van der Waals surface area contributed by atoms with Crippen LogP contribution in [0.25, 0.3) is 0 Å². The number of hydrogen-bond acceptors (Lipinski definition) is 2. The molecule has 94 valence electrons. The van der Waals surface area contributed by atoms with Crippen LogP contribution in [0.1, 0.15) is 18.1 Å². The molecule has 0 saturated heterocycles. The topological polar surface area (TPSA) is 29.3 Å². The van der Waals surface area contributed by atoms with Crippen molar-refractivity contribution in [3.63, 3.8) is 0 Å². The van der Waals surface area contributed by atoms with Gasteiger partial charge in [0.15, 0.2) is 0 Å². The van der Waals surface area contributed by atoms with Gasteiger partial charge in [-0.2, -0.15) is 0 Å². The van der Waals surface area contributed by atoms with E-state index in [1.807, 2.05) is 12.1 Å². The van der Waals surface area contributed by atoms with Crippen molar-refractivity contribution in [3.05, 3.63) is 53.6 Å². The maximum Gasteiger partial charge on any atom is 0.0440 e. The minimum Gasteiger partial charge on any atom is -0.399 e. The molecule has 0 radical (unpaired) electrons. The van der Waals surface area contributed by atoms with Crippen LogP contribution in [0.2, 0.25) is 0 Å². The number of rotatable bonds is 3. The summed E-state index contributed by atoms with van der Waals surface area (Å²) in [5, 5.41) is 0. The fourth-order valence-corrected chi connectivity index (χ4v) is 2.31. The molecule has 0 aliphatic rings. The fraction of sp³-hybridized carbons (Fsp3) is 0.250. The quantitative estimate of drug-likeness (QED) is 0.820. The number of nitrogens with two attached hydrogens (primary N) is 1. The van der Waals surface area contributed by atoms with E-state index in [2.05, 4.69) is 56.0 Å². The summed E-state index contributed by atoms with van der Waals surface area (Å²) >= 11 is 0. The van der Waals surface area contributed by atoms with E-state index >= 15 is 0 Å². The van der Waals surface area contributed by atoms with E-state index in [9.17, 15) is 0 Å². The van der Waals surface area contributed by atoms with Gasteiger partial charge < -0.3 is 10.6 Å². The summed E-state index contributed by atoms with van der Waals surface area (Å²) in [5.41, 5.74) is 11.6. The van der Waals surface area contributed by atoms with E-state index in [-0.39, 0.29) is 0 Å². The minimum absolute atomic E-state index is 0.817. The molecule has 0 unspecified atom stereocenters. The van der Waals surface area contributed by atoms with Gasteiger partial charge in [-0.1, -0.05) is 18.2 Å². The van der Waals surface area contributed by atoms with Crippen LogP contribution in [0, 0.1) is 13.8 Å². The summed E-state index contributed by atoms with van der Waals surface area (Å²) in [5.74, 6) is 0. The molecule has 2 nitrogen and oxygen atoms in total. The van der Waals surface area contributed by atoms with Crippen molar-refractivity contribution in [2.24, 2.45) is 0 Å². The molecule has 0 spiro atoms. The summed E-state index contributed by atoms with van der Waals surface area (Å²) in [6, 6.07) is 14.6. The first-order valence-electron chi connectivity index (χ1n) is 6.32. The van der Waals surface area contributed by atoms with Crippen LogP contribution in [0.5, 0.6) is 0 Å². The van der Waals surface area contributed by atoms with Crippen molar-refractivity contribution in [1.29, 1.82) is 0 Å². The first kappa shape index (κ1) is 12.5. The first-order valence-corrected chi connectivity index (χ1v) is 6.32. The molecule has 0 amide bonds. The van der Waals surface area contributed by atoms with E-state index in [1.165, 1.54) is 16.8 Å². The molecule has 0 bridgehead atoms. The van der Waals surface area contributed by atoms with Gasteiger partial charge in [0.2, 0.25) is 0 Å². The summed E-state index contributed by atoms with van der Waals surface area (Å²) in [6.45, 7) is 7.29. The highest BCUT2D eigenvalue weighted by atomic mass is 15.1. The average Bonchev–Trinajstić information content (AvgIpc) is 2.31. The van der Waals surface area contributed by atoms with Gasteiger partial charge in [-0.05, 0) is 56.2 Å². The third kappa shape index (κ3) is 2.48. The SMILES string of the molecule is CCN(c1cc(C)cc(N)c1)c1ccccc1C. The molecule has 0 saturated carbocycles. The van der Waals surface area contributed by atoms with Crippen molar-refractivity contribution < 1.29 is 0 Å². The molecule has 0 aliphatic heterocycles. The van der Waals surface area contributed by atoms with Gasteiger partial charge >= 0.3 is 0 Å². The highest BCUT2D eigenvalue weighted by Gasteiger charge is 2.10. The van der Waals surface area contributed by atoms with Gasteiger partial charge in [-0.3, -0.25) is 0 Å². The van der Waals surface area contributed by atoms with Crippen LogP contribution in [-0.4, -0.2) is 6.54 Å². The van der Waals surface area contributed by atoms with Crippen LogP contribution < -0.4 is 10.6 Å². The van der Waals surface area contributed by atoms with Gasteiger partial charge in [0.05, 0.1) is 0 Å². The standard InChI is InChI=1S/C16H20N2/c1-4-18(16-8-6-5-7-13(16)3)15-10-12(2)9-14(17)11-15/h5-11H,4,17H2,1-3H3. The van der Waals surface area contributed by atoms with E-state index in [4.69, 9.17) is 5.73 Å². The summed E-state index contributed by atoms with van der Waals surface area (Å²) in [4.78, 5) is 2.29. The van der Waals surface area contributed by atoms with E-state index in [1.54, 1.807) is 0 Å². The Balaban J connectivity index is 2.48. The molecule has 2 aromatic carbocycles. The van der Waals surface area contributed by atoms with Gasteiger partial charge in [0, 0.05) is 23.6 Å². The molecule has 0 fully saturated rings. The molecule has 2 N–H and O–H groups in total. The molecule has 0 atom stereocenters. The summed E-state index contributed by atoms with van der Waals surface area (Å²) in [6.07, 6.45) is 0. The van der Waals surface area contributed by atoms with Crippen LogP contribution in [0.15, 0.2) is 42.5 Å². The van der Waals surface area contributed by atoms with Crippen LogP contribution in [-0.2, 0) is 0 Å². The lowest BCUT2D eigenvalue weighted by Crippen LogP contribution is -2.17. The Kier molecular flexibility index (Phi) is 3.56. The number of para-hydroxylation sites is 1. The normalized spacial score (nSPS) is 10.4. The van der Waals surface area contributed by atoms with Crippen molar-refractivity contribution in [3.8, 4) is 0 Å². The van der Waals surface area contributed by atoms with Crippen LogP contribution >= 0.6 is 0 Å². The van der Waals surface area contributed by atoms with Crippen LogP contribution in [0.3, 0.4) is 0 Å². The number of benzene rings is 2. The Hall–Kier alpha value is -1.96. The second kappa shape index (κ2) is 5.13. The zero-order valence-electron chi connectivity index (χ0n) is 11.3. The van der Waals surface area contributed by atoms with E-state index in [0.717, 1.165) is 17.9 Å². The third-order valence-electron chi connectivity index (χ3n) is 3.12. The number of aryl methyl sites for hydroxylation is 2. The van der Waals surface area contributed by atoms with Gasteiger partial charge in [-0.15, -0.1) is 0 Å². The predicted octanol–water partition coefficient (Wildman–Crippen LogP) is 4.04. The zero-order valence-corrected chi connectivity index (χ0v) is 11.3. The largest absolute Gasteiger partial charge is 0.399 e. The predicted molar refractivity (Wildman–Crippen MR) is 79.5 cm³/mol. The smallest absolute Gasteiger partial charge is 0.0440 e. The number of hydrogen-bond donors (Lipinski definition) is 1. The monoisotopic (exact) mass is 240 g/mol. The Labute approximate surface area is 109 Å². The lowest BCUT2D eigenvalue weighted by molar-refractivity contribution is 1.01. The maximum absolute atomic E-state index is 5.94. The van der Waals surface area contributed by atoms with Crippen molar-refractivity contribution in [1.82, 2.24) is 0 Å². The number of nitrogens with zero attached hydrogens (tertiary/aromatic N) is 1. The molecule has 18 heavy (non-hydrogen) atoms. The summed E-state index contributed by atoms with van der Waals surface area (Å²) in [7, 11) is 0. The molecule has 2 rings (SSSR count). The Morgan fingerprint density at radius 3 is 2.39 bits per heavy atom. The molecule has 2 heteroatoms. The second-order valence-electron chi connectivity index (χ2n) is 4.63. The third-order valence-corrected chi connectivity index (χ3v) is 3.12. The second-order valence-corrected chi connectivity index (χ2v) is 4.63. The van der Waals surface area contributed by atoms with Gasteiger partial charge in [0.25, 0.3) is 0 Å². The fourth-order valence-electron chi connectivity index (χ4n) is 2.31. The van der Waals surface area contributed by atoms with Crippen molar-refractivity contribution in [2.45, 2.75) is 20.8 Å². The minimum atomic E-state index is 0.817. The molecular weight excluding hydrogens is 220 g/mol. The van der Waals surface area contributed by atoms with E-state index in [0.29, 0.717) is 0 Å². The van der Waals surface area contributed by atoms with Crippen molar-refractivity contribution in [2.75, 3.05) is 17.2 Å². The maximum atomic E-state index is 5.94. The molecular formula is C16H20N2. The van der Waals surface area contributed by atoms with Gasteiger partial charge in [0.1, 0.15) is 0 Å². The number of nitrogen functional groups attached to an aromatic ring is 1. The highest BCUT2D eigenvalue weighted by molar-refractivity contribution is 5.69. The van der Waals surface area contributed by atoms with Crippen molar-refractivity contribution >= 4 is 17.1 Å². The molecule has 0 heterocycles. The zero-order chi connectivity index (χ0) is 13.1. The Morgan fingerprint density at radius 2 is 1.78 bits per heavy atom. The first-order chi connectivity index (χ1) is 8.61. The average molecular weight is 240 g/mol. The lowest BCUT2D eigenvalue weighted by Gasteiger charge is -2.25. The molecule has 0 aromatic heterocycles. The van der Waals surface area contributed by atoms with Crippen LogP contribution in [0.4, 0.5) is 17.1 Å². The highest BCUT2D eigenvalue weighted by Crippen LogP contribution is 2.29. The molecule has 2 aromatic rings. The lowest BCUT2D eigenvalue weighted by atomic mass is 10.1. The number of anilines is 3. The Morgan fingerprint density at radius 1 is 1.06 bits per heavy atom. The molecule has 0 aliphatic carbocycles. The summed E-state index contributed by atoms with van der Waals surface area (Å²) < 4.78 is 0. The Bertz CT molecular complexity index is 526. The van der Waals surface area contributed by atoms with E-state index < -0.39 is 0 Å². The van der Waals surface area contributed by atoms with Gasteiger partial charge in [-0.25, -0.2) is 0 Å².